The van der Waals surface area contributed by atoms with E-state index in [1.165, 1.54) is 6.07 Å². The van der Waals surface area contributed by atoms with E-state index in [0.717, 1.165) is 12.1 Å². The van der Waals surface area contributed by atoms with Crippen LogP contribution >= 0.6 is 0 Å². The van der Waals surface area contributed by atoms with Gasteiger partial charge in [-0.05, 0) is 18.2 Å². The van der Waals surface area contributed by atoms with Crippen molar-refractivity contribution in [3.05, 3.63) is 50.2 Å². The predicted molar refractivity (Wildman–Crippen MR) is 74.6 cm³/mol. The smallest absolute Gasteiger partial charge is 1.00 e. The van der Waals surface area contributed by atoms with Crippen LogP contribution < -0.4 is 75.7 Å². The van der Waals surface area contributed by atoms with Gasteiger partial charge < -0.3 is 23.5 Å². The van der Waals surface area contributed by atoms with Crippen LogP contribution in [0.15, 0.2) is 27.8 Å². The number of aromatic nitrogens is 2. The molecule has 1 heterocycles. The fourth-order valence-electron chi connectivity index (χ4n) is 1.66. The van der Waals surface area contributed by atoms with Crippen molar-refractivity contribution in [2.24, 2.45) is 0 Å². The van der Waals surface area contributed by atoms with Crippen LogP contribution in [0.5, 0.6) is 11.6 Å². The number of phenols is 1. The number of carboxylic acid groups (broad SMARTS) is 1. The number of anilines is 1. The van der Waals surface area contributed by atoms with Gasteiger partial charge in [-0.25, -0.2) is 9.59 Å². The van der Waals surface area contributed by atoms with Crippen molar-refractivity contribution in [1.82, 2.24) is 9.97 Å². The van der Waals surface area contributed by atoms with E-state index < -0.39 is 45.9 Å². The molecule has 0 atom stereocenters. The predicted octanol–water partition coefficient (Wildman–Crippen LogP) is -6.34. The van der Waals surface area contributed by atoms with Crippen molar-refractivity contribution < 1.29 is 86.9 Å². The van der Waals surface area contributed by atoms with E-state index in [1.54, 1.807) is 4.98 Å². The van der Waals surface area contributed by atoms with Crippen molar-refractivity contribution in [3.63, 3.8) is 0 Å². The normalized spacial score (nSPS) is 9.33. The molecule has 10 nitrogen and oxygen atoms in total. The van der Waals surface area contributed by atoms with Gasteiger partial charge in [0.15, 0.2) is 5.56 Å². The number of hydrogen-bond acceptors (Lipinski definition) is 6. The maximum Gasteiger partial charge on any atom is 1.00 e. The van der Waals surface area contributed by atoms with E-state index >= 15 is 0 Å². The molecular weight excluding hydrogens is 344 g/mol. The summed E-state index contributed by atoms with van der Waals surface area (Å²) in [7, 11) is 0. The molecule has 2 rings (SSSR count). The molecule has 1 amide bonds. The van der Waals surface area contributed by atoms with Crippen molar-refractivity contribution >= 4 is 17.6 Å². The Balaban J connectivity index is -0.00000132. The fourth-order valence-corrected chi connectivity index (χ4v) is 1.66. The maximum absolute atomic E-state index is 11.9. The Hall–Kier alpha value is -1.56. The third-order valence-corrected chi connectivity index (χ3v) is 2.63. The zero-order chi connectivity index (χ0) is 16.4. The molecule has 0 unspecified atom stereocenters. The average molecular weight is 355 g/mol. The quantitative estimate of drug-likeness (QED) is 0.235. The molecule has 0 saturated heterocycles. The number of carbonyl (C=O) groups excluding carboxylic acids is 1. The Morgan fingerprint density at radius 2 is 1.71 bits per heavy atom. The summed E-state index contributed by atoms with van der Waals surface area (Å²) in [5.41, 5.74) is -3.35. The van der Waals surface area contributed by atoms with Crippen LogP contribution in [0.25, 0.3) is 0 Å². The van der Waals surface area contributed by atoms with E-state index in [0.29, 0.717) is 0 Å². The molecule has 0 aliphatic heterocycles. The van der Waals surface area contributed by atoms with Crippen LogP contribution in [-0.2, 0) is 0 Å². The molecule has 1 aromatic heterocycles. The summed E-state index contributed by atoms with van der Waals surface area (Å²) in [5, 5.41) is 29.8. The van der Waals surface area contributed by atoms with Crippen molar-refractivity contribution in [1.29, 1.82) is 0 Å². The minimum atomic E-state index is -1.42. The Bertz CT molecular complexity index is 901. The van der Waals surface area contributed by atoms with Crippen molar-refractivity contribution in [2.45, 2.75) is 0 Å². The first-order valence-corrected chi connectivity index (χ1v) is 5.73. The molecule has 0 fully saturated rings. The summed E-state index contributed by atoms with van der Waals surface area (Å²) in [6.07, 6.45) is 0. The molecule has 2 aromatic rings. The first-order chi connectivity index (χ1) is 10.3. The Kier molecular flexibility index (Phi) is 8.47. The number of nitrogens with one attached hydrogen (secondary N) is 3. The topological polar surface area (TPSA) is 173 Å². The number of amides is 1. The number of aromatic amines is 2. The number of aromatic carboxylic acids is 1. The number of H-pyrrole nitrogens is 2. The summed E-state index contributed by atoms with van der Waals surface area (Å²) >= 11 is 0. The molecular formula is C12H11N3Na2O7. The van der Waals surface area contributed by atoms with Gasteiger partial charge in [0.25, 0.3) is 11.5 Å². The fraction of sp³-hybridized carbons (Fsp3) is 0. The molecule has 0 bridgehead atoms. The second kappa shape index (κ2) is 9.06. The Morgan fingerprint density at radius 3 is 2.25 bits per heavy atom. The molecule has 24 heavy (non-hydrogen) atoms. The van der Waals surface area contributed by atoms with Crippen molar-refractivity contribution in [2.75, 3.05) is 5.32 Å². The van der Waals surface area contributed by atoms with Crippen LogP contribution in [0, 0.1) is 0 Å². The summed E-state index contributed by atoms with van der Waals surface area (Å²) in [4.78, 5) is 48.8. The van der Waals surface area contributed by atoms with Gasteiger partial charge in [-0.2, -0.15) is 0 Å². The first-order valence-electron chi connectivity index (χ1n) is 5.73. The number of hydrogen-bond donors (Lipinski definition) is 6. The van der Waals surface area contributed by atoms with Gasteiger partial charge in [0, 0.05) is 5.69 Å². The van der Waals surface area contributed by atoms with Gasteiger partial charge in [0.2, 0.25) is 5.88 Å². The van der Waals surface area contributed by atoms with E-state index in [9.17, 15) is 29.4 Å². The minimum absolute atomic E-state index is 0. The number of carbonyl (C=O) groups is 2. The summed E-state index contributed by atoms with van der Waals surface area (Å²) in [6.45, 7) is 0. The van der Waals surface area contributed by atoms with Gasteiger partial charge in [-0.1, -0.05) is 0 Å². The Labute approximate surface area is 180 Å². The third-order valence-electron chi connectivity index (χ3n) is 2.63. The molecule has 1 aromatic carbocycles. The molecule has 0 radical (unpaired) electrons. The van der Waals surface area contributed by atoms with E-state index in [-0.39, 0.29) is 67.7 Å². The SMILES string of the molecule is O=C(O)c1cc(NC(=O)c2c(O)[nH]c(=O)[nH]c2=O)ccc1O.[H-].[H-].[Na+].[Na+]. The molecule has 0 spiro atoms. The minimum Gasteiger partial charge on any atom is -1.00 e. The zero-order valence-electron chi connectivity index (χ0n) is 14.7. The first kappa shape index (κ1) is 22.4. The summed E-state index contributed by atoms with van der Waals surface area (Å²) in [6, 6.07) is 3.19. The molecule has 6 N–H and O–H groups in total. The van der Waals surface area contributed by atoms with Gasteiger partial charge in [0.1, 0.15) is 11.3 Å². The molecule has 118 valence electrons. The summed E-state index contributed by atoms with van der Waals surface area (Å²) in [5.74, 6) is -3.92. The van der Waals surface area contributed by atoms with Gasteiger partial charge in [-0.3, -0.25) is 19.6 Å². The molecule has 0 saturated carbocycles. The number of carboxylic acids is 1. The largest absolute Gasteiger partial charge is 1.00 e. The van der Waals surface area contributed by atoms with Crippen LogP contribution in [0.3, 0.4) is 0 Å². The molecule has 12 heteroatoms. The molecule has 0 aliphatic carbocycles. The summed E-state index contributed by atoms with van der Waals surface area (Å²) < 4.78 is 0. The van der Waals surface area contributed by atoms with Crippen molar-refractivity contribution in [3.8, 4) is 11.6 Å². The van der Waals surface area contributed by atoms with Gasteiger partial charge >= 0.3 is 70.8 Å². The standard InChI is InChI=1S/C12H9N3O7.2Na.2H/c16-6-2-1-4(3-5(6)11(20)21)13-8(17)7-9(18)14-12(22)15-10(7)19;;;;/h1-3,16H,(H,13,17)(H,20,21)(H3,14,15,18,19,22);;;;/q;2*+1;2*-1. The number of rotatable bonds is 3. The van der Waals surface area contributed by atoms with Gasteiger partial charge in [-0.15, -0.1) is 0 Å². The van der Waals surface area contributed by atoms with Crippen LogP contribution in [0.1, 0.15) is 23.6 Å². The van der Waals surface area contributed by atoms with Gasteiger partial charge in [0.05, 0.1) is 0 Å². The average Bonchev–Trinajstić information content (AvgIpc) is 2.39. The second-order valence-electron chi connectivity index (χ2n) is 4.12. The van der Waals surface area contributed by atoms with E-state index in [1.807, 2.05) is 4.98 Å². The monoisotopic (exact) mass is 355 g/mol. The number of aromatic hydroxyl groups is 2. The van der Waals surface area contributed by atoms with E-state index in [2.05, 4.69) is 5.32 Å². The third kappa shape index (κ3) is 4.97. The number of benzene rings is 1. The molecule has 0 aliphatic rings. The van der Waals surface area contributed by atoms with Crippen LogP contribution in [-0.4, -0.2) is 37.2 Å². The van der Waals surface area contributed by atoms with E-state index in [4.69, 9.17) is 5.11 Å². The zero-order valence-corrected chi connectivity index (χ0v) is 16.7. The second-order valence-corrected chi connectivity index (χ2v) is 4.12. The van der Waals surface area contributed by atoms with Crippen LogP contribution in [0.4, 0.5) is 5.69 Å². The van der Waals surface area contributed by atoms with Crippen LogP contribution in [0.2, 0.25) is 0 Å². The Morgan fingerprint density at radius 1 is 1.08 bits per heavy atom. The maximum atomic E-state index is 11.9.